The summed E-state index contributed by atoms with van der Waals surface area (Å²) < 4.78 is 11.9. The van der Waals surface area contributed by atoms with Crippen molar-refractivity contribution in [1.82, 2.24) is 10.1 Å². The summed E-state index contributed by atoms with van der Waals surface area (Å²) in [5, 5.41) is 7.57. The van der Waals surface area contributed by atoms with Crippen molar-refractivity contribution in [2.24, 2.45) is 0 Å². The number of nitrogens with one attached hydrogen (secondary N) is 1. The number of benzene rings is 2. The SMILES string of the molecule is Cc1ccc(NC(=O)N(Cc2c(-c3ccccc3)noc2N2CCCCC2)C[C@H]2CCCO2)cc1. The topological polar surface area (TPSA) is 70.8 Å². The van der Waals surface area contributed by atoms with Crippen molar-refractivity contribution < 1.29 is 14.1 Å². The summed E-state index contributed by atoms with van der Waals surface area (Å²) >= 11 is 0. The number of ether oxygens (including phenoxy) is 1. The first-order chi connectivity index (χ1) is 17.2. The minimum atomic E-state index is -0.144. The molecule has 0 radical (unpaired) electrons. The molecule has 1 atom stereocenters. The van der Waals surface area contributed by atoms with E-state index in [0.717, 1.165) is 79.3 Å². The number of aromatic nitrogens is 1. The van der Waals surface area contributed by atoms with Gasteiger partial charge in [-0.1, -0.05) is 53.2 Å². The van der Waals surface area contributed by atoms with E-state index in [-0.39, 0.29) is 12.1 Å². The highest BCUT2D eigenvalue weighted by Crippen LogP contribution is 2.34. The first-order valence-electron chi connectivity index (χ1n) is 12.7. The third kappa shape index (κ3) is 5.68. The maximum Gasteiger partial charge on any atom is 0.322 e. The molecule has 2 aliphatic heterocycles. The van der Waals surface area contributed by atoms with E-state index < -0.39 is 0 Å². The largest absolute Gasteiger partial charge is 0.376 e. The molecule has 0 bridgehead atoms. The minimum absolute atomic E-state index is 0.0391. The van der Waals surface area contributed by atoms with Gasteiger partial charge in [-0.25, -0.2) is 4.79 Å². The summed E-state index contributed by atoms with van der Waals surface area (Å²) in [5.41, 5.74) is 4.68. The molecule has 0 spiro atoms. The summed E-state index contributed by atoms with van der Waals surface area (Å²) in [6.07, 6.45) is 5.53. The van der Waals surface area contributed by atoms with E-state index in [9.17, 15) is 4.79 Å². The number of amides is 2. The lowest BCUT2D eigenvalue weighted by Crippen LogP contribution is -2.40. The standard InChI is InChI=1S/C28H34N4O3/c1-21-12-14-23(15-13-21)29-28(33)32(19-24-11-8-18-34-24)20-25-26(22-9-4-2-5-10-22)30-35-27(25)31-16-6-3-7-17-31/h2,4-5,9-10,12-15,24H,3,6-8,11,16-20H2,1H3,(H,29,33)/t24-/m1/s1. The molecular formula is C28H34N4O3. The third-order valence-electron chi connectivity index (χ3n) is 6.84. The molecule has 7 nitrogen and oxygen atoms in total. The molecule has 0 saturated carbocycles. The lowest BCUT2D eigenvalue weighted by atomic mass is 10.1. The Morgan fingerprint density at radius 3 is 2.54 bits per heavy atom. The summed E-state index contributed by atoms with van der Waals surface area (Å²) in [6, 6.07) is 17.8. The zero-order valence-electron chi connectivity index (χ0n) is 20.4. The zero-order chi connectivity index (χ0) is 24.0. The van der Waals surface area contributed by atoms with E-state index in [4.69, 9.17) is 9.26 Å². The molecule has 2 saturated heterocycles. The van der Waals surface area contributed by atoms with E-state index in [1.54, 1.807) is 0 Å². The van der Waals surface area contributed by atoms with Gasteiger partial charge in [-0.05, 0) is 51.2 Å². The van der Waals surface area contributed by atoms with Gasteiger partial charge in [0.2, 0.25) is 5.88 Å². The van der Waals surface area contributed by atoms with Gasteiger partial charge in [0.1, 0.15) is 5.69 Å². The van der Waals surface area contributed by atoms with Crippen LogP contribution in [0.1, 0.15) is 43.2 Å². The van der Waals surface area contributed by atoms with Crippen LogP contribution in [0.15, 0.2) is 59.1 Å². The van der Waals surface area contributed by atoms with Gasteiger partial charge in [-0.15, -0.1) is 0 Å². The Balaban J connectivity index is 1.46. The van der Waals surface area contributed by atoms with Crippen molar-refractivity contribution in [1.29, 1.82) is 0 Å². The summed E-state index contributed by atoms with van der Waals surface area (Å²) in [7, 11) is 0. The third-order valence-corrected chi connectivity index (χ3v) is 6.84. The average molecular weight is 475 g/mol. The van der Waals surface area contributed by atoms with E-state index in [2.05, 4.69) is 15.4 Å². The molecular weight excluding hydrogens is 440 g/mol. The number of anilines is 2. The fourth-order valence-electron chi connectivity index (χ4n) is 4.90. The molecule has 184 valence electrons. The first kappa shape index (κ1) is 23.4. The lowest BCUT2D eigenvalue weighted by Gasteiger charge is -2.29. The molecule has 35 heavy (non-hydrogen) atoms. The average Bonchev–Trinajstić information content (AvgIpc) is 3.56. The van der Waals surface area contributed by atoms with Crippen LogP contribution >= 0.6 is 0 Å². The van der Waals surface area contributed by atoms with Crippen molar-refractivity contribution in [2.45, 2.75) is 51.7 Å². The Morgan fingerprint density at radius 2 is 1.83 bits per heavy atom. The number of urea groups is 1. The number of carbonyl (C=O) groups excluding carboxylic acids is 1. The second kappa shape index (κ2) is 11.0. The van der Waals surface area contributed by atoms with Gasteiger partial charge >= 0.3 is 6.03 Å². The van der Waals surface area contributed by atoms with Crippen LogP contribution < -0.4 is 10.2 Å². The van der Waals surface area contributed by atoms with Crippen LogP contribution in [0.25, 0.3) is 11.3 Å². The van der Waals surface area contributed by atoms with Crippen molar-refractivity contribution in [3.8, 4) is 11.3 Å². The highest BCUT2D eigenvalue weighted by atomic mass is 16.5. The van der Waals surface area contributed by atoms with Crippen molar-refractivity contribution in [3.05, 3.63) is 65.7 Å². The number of hydrogen-bond acceptors (Lipinski definition) is 5. The van der Waals surface area contributed by atoms with Gasteiger partial charge in [0.15, 0.2) is 0 Å². The molecule has 2 aliphatic rings. The molecule has 0 unspecified atom stereocenters. The van der Waals surface area contributed by atoms with Crippen LogP contribution in [0, 0.1) is 6.92 Å². The number of piperidine rings is 1. The van der Waals surface area contributed by atoms with Crippen LogP contribution in [0.4, 0.5) is 16.4 Å². The van der Waals surface area contributed by atoms with Crippen LogP contribution in [-0.4, -0.2) is 48.4 Å². The molecule has 3 aromatic rings. The van der Waals surface area contributed by atoms with Crippen molar-refractivity contribution in [3.63, 3.8) is 0 Å². The lowest BCUT2D eigenvalue weighted by molar-refractivity contribution is 0.0819. The molecule has 0 aliphatic carbocycles. The van der Waals surface area contributed by atoms with Gasteiger partial charge in [0.25, 0.3) is 0 Å². The highest BCUT2D eigenvalue weighted by Gasteiger charge is 2.29. The van der Waals surface area contributed by atoms with Gasteiger partial charge in [0, 0.05) is 37.5 Å². The minimum Gasteiger partial charge on any atom is -0.376 e. The summed E-state index contributed by atoms with van der Waals surface area (Å²) in [4.78, 5) is 17.7. The van der Waals surface area contributed by atoms with E-state index in [0.29, 0.717) is 13.1 Å². The van der Waals surface area contributed by atoms with Crippen molar-refractivity contribution >= 4 is 17.6 Å². The number of aryl methyl sites for hydroxylation is 1. The molecule has 2 fully saturated rings. The summed E-state index contributed by atoms with van der Waals surface area (Å²) in [5.74, 6) is 0.782. The smallest absolute Gasteiger partial charge is 0.322 e. The maximum atomic E-state index is 13.5. The Labute approximate surface area is 207 Å². The quantitative estimate of drug-likeness (QED) is 0.465. The van der Waals surface area contributed by atoms with Gasteiger partial charge in [0.05, 0.1) is 18.2 Å². The number of rotatable bonds is 7. The van der Waals surface area contributed by atoms with E-state index in [1.165, 1.54) is 6.42 Å². The van der Waals surface area contributed by atoms with Gasteiger partial charge in [-0.2, -0.15) is 0 Å². The first-order valence-corrected chi connectivity index (χ1v) is 12.7. The number of hydrogen-bond donors (Lipinski definition) is 1. The van der Waals surface area contributed by atoms with Crippen LogP contribution in [0.3, 0.4) is 0 Å². The Hall–Kier alpha value is -3.32. The Kier molecular flexibility index (Phi) is 7.33. The van der Waals surface area contributed by atoms with Crippen LogP contribution in [0.5, 0.6) is 0 Å². The van der Waals surface area contributed by atoms with Crippen molar-refractivity contribution in [2.75, 3.05) is 36.5 Å². The Bertz CT molecular complexity index is 1100. The van der Waals surface area contributed by atoms with Gasteiger partial charge < -0.3 is 24.4 Å². The maximum absolute atomic E-state index is 13.5. The molecule has 1 N–H and O–H groups in total. The van der Waals surface area contributed by atoms with E-state index in [1.807, 2.05) is 66.4 Å². The molecule has 5 rings (SSSR count). The van der Waals surface area contributed by atoms with Crippen LogP contribution in [0.2, 0.25) is 0 Å². The zero-order valence-corrected chi connectivity index (χ0v) is 20.4. The molecule has 1 aromatic heterocycles. The second-order valence-corrected chi connectivity index (χ2v) is 9.54. The molecule has 2 aromatic carbocycles. The van der Waals surface area contributed by atoms with E-state index >= 15 is 0 Å². The number of carbonyl (C=O) groups is 1. The predicted molar refractivity (Wildman–Crippen MR) is 138 cm³/mol. The van der Waals surface area contributed by atoms with Gasteiger partial charge in [-0.3, -0.25) is 0 Å². The van der Waals surface area contributed by atoms with Crippen LogP contribution in [-0.2, 0) is 11.3 Å². The summed E-state index contributed by atoms with van der Waals surface area (Å²) in [6.45, 7) is 5.59. The highest BCUT2D eigenvalue weighted by molar-refractivity contribution is 5.89. The monoisotopic (exact) mass is 474 g/mol. The Morgan fingerprint density at radius 1 is 1.06 bits per heavy atom. The fourth-order valence-corrected chi connectivity index (χ4v) is 4.90. The predicted octanol–water partition coefficient (Wildman–Crippen LogP) is 5.85. The molecule has 3 heterocycles. The molecule has 7 heteroatoms. The number of nitrogens with zero attached hydrogens (tertiary/aromatic N) is 3. The second-order valence-electron chi connectivity index (χ2n) is 9.54. The normalized spacial score (nSPS) is 18.0. The molecule has 2 amide bonds. The fraction of sp³-hybridized carbons (Fsp3) is 0.429.